The van der Waals surface area contributed by atoms with E-state index in [2.05, 4.69) is 13.0 Å². The normalized spacial score (nSPS) is 24.8. The van der Waals surface area contributed by atoms with E-state index in [0.29, 0.717) is 17.6 Å². The fourth-order valence-corrected chi connectivity index (χ4v) is 5.24. The molecule has 33 heavy (non-hydrogen) atoms. The molecule has 0 aromatic heterocycles. The number of benzene rings is 1. The molecule has 0 unspecified atom stereocenters. The Hall–Kier alpha value is -1.63. The Bertz CT molecular complexity index is 739. The number of nitrogens with two attached hydrogens (primary N) is 1. The van der Waals surface area contributed by atoms with Crippen LogP contribution in [-0.4, -0.2) is 45.6 Å². The van der Waals surface area contributed by atoms with E-state index in [0.717, 1.165) is 63.4 Å². The smallest absolute Gasteiger partial charge is 0.341 e. The Labute approximate surface area is 199 Å². The van der Waals surface area contributed by atoms with E-state index >= 15 is 0 Å². The summed E-state index contributed by atoms with van der Waals surface area (Å²) in [4.78, 5) is 10.8. The zero-order valence-electron chi connectivity index (χ0n) is 20.9. The number of carbonyl (C=O) groups is 1. The van der Waals surface area contributed by atoms with E-state index in [1.165, 1.54) is 5.56 Å². The zero-order chi connectivity index (χ0) is 24.6. The standard InChI is InChI=1S/C23H34O5.C4H11N/c1-2-3-4-7-17(24)9-10-18-19-11-15-6-5-8-22(28-14-23(26)27)20(15)12-16(19)13-21(18)25;1-4(2,3)5/h5-6,8,16-19,21,24-25H,2-4,7,9-14H2,1H3,(H,26,27);5H2,1-3H3/t16-,17-,18+,19-,21+;/m0./s1. The number of carboxylic acid groups (broad SMARTS) is 1. The maximum absolute atomic E-state index is 10.8. The van der Waals surface area contributed by atoms with Gasteiger partial charge >= 0.3 is 5.97 Å². The largest absolute Gasteiger partial charge is 0.482 e. The van der Waals surface area contributed by atoms with E-state index in [1.54, 1.807) is 0 Å². The lowest BCUT2D eigenvalue weighted by Crippen LogP contribution is -2.28. The van der Waals surface area contributed by atoms with Crippen molar-refractivity contribution in [3.8, 4) is 5.75 Å². The molecule has 0 amide bonds. The van der Waals surface area contributed by atoms with Gasteiger partial charge in [-0.15, -0.1) is 0 Å². The first-order chi connectivity index (χ1) is 15.5. The van der Waals surface area contributed by atoms with Crippen LogP contribution in [0.2, 0.25) is 0 Å². The van der Waals surface area contributed by atoms with Crippen LogP contribution in [0.1, 0.15) is 83.8 Å². The van der Waals surface area contributed by atoms with Gasteiger partial charge in [0.1, 0.15) is 5.75 Å². The molecule has 6 nitrogen and oxygen atoms in total. The number of ether oxygens (including phenoxy) is 1. The summed E-state index contributed by atoms with van der Waals surface area (Å²) in [5, 5.41) is 29.8. The first-order valence-corrected chi connectivity index (χ1v) is 12.6. The third-order valence-electron chi connectivity index (χ3n) is 6.67. The van der Waals surface area contributed by atoms with Crippen LogP contribution in [0.15, 0.2) is 18.2 Å². The van der Waals surface area contributed by atoms with Crippen molar-refractivity contribution in [3.63, 3.8) is 0 Å². The third kappa shape index (κ3) is 9.26. The molecule has 5 N–H and O–H groups in total. The van der Waals surface area contributed by atoms with Gasteiger partial charge in [0.25, 0.3) is 0 Å². The molecule has 1 aromatic carbocycles. The highest BCUT2D eigenvalue weighted by atomic mass is 16.5. The predicted molar refractivity (Wildman–Crippen MR) is 131 cm³/mol. The molecule has 2 aliphatic carbocycles. The van der Waals surface area contributed by atoms with Crippen LogP contribution in [0.25, 0.3) is 0 Å². The fourth-order valence-electron chi connectivity index (χ4n) is 5.24. The van der Waals surface area contributed by atoms with Gasteiger partial charge in [0.2, 0.25) is 0 Å². The average Bonchev–Trinajstić information content (AvgIpc) is 3.02. The average molecular weight is 464 g/mol. The number of hydrogen-bond donors (Lipinski definition) is 4. The lowest BCUT2D eigenvalue weighted by atomic mass is 9.73. The fraction of sp³-hybridized carbons (Fsp3) is 0.741. The Kier molecular flexibility index (Phi) is 10.6. The topological polar surface area (TPSA) is 113 Å². The maximum Gasteiger partial charge on any atom is 0.341 e. The van der Waals surface area contributed by atoms with Gasteiger partial charge in [-0.1, -0.05) is 38.3 Å². The van der Waals surface area contributed by atoms with Crippen molar-refractivity contribution in [1.29, 1.82) is 0 Å². The Morgan fingerprint density at radius 1 is 1.21 bits per heavy atom. The predicted octanol–water partition coefficient (Wildman–Crippen LogP) is 4.33. The molecule has 1 fully saturated rings. The summed E-state index contributed by atoms with van der Waals surface area (Å²) in [6.07, 6.45) is 7.85. The first-order valence-electron chi connectivity index (χ1n) is 12.6. The molecule has 0 saturated heterocycles. The Morgan fingerprint density at radius 2 is 1.91 bits per heavy atom. The lowest BCUT2D eigenvalue weighted by molar-refractivity contribution is -0.139. The molecule has 0 radical (unpaired) electrons. The Balaban J connectivity index is 0.000000696. The second kappa shape index (κ2) is 12.7. The molecular formula is C27H45NO5. The number of aliphatic carboxylic acids is 1. The lowest BCUT2D eigenvalue weighted by Gasteiger charge is -2.32. The van der Waals surface area contributed by atoms with E-state index in [4.69, 9.17) is 15.6 Å². The number of carboxylic acids is 1. The van der Waals surface area contributed by atoms with E-state index in [9.17, 15) is 15.0 Å². The molecule has 0 bridgehead atoms. The molecule has 5 atom stereocenters. The number of aliphatic hydroxyl groups excluding tert-OH is 2. The summed E-state index contributed by atoms with van der Waals surface area (Å²) in [6.45, 7) is 7.74. The minimum atomic E-state index is -0.972. The summed E-state index contributed by atoms with van der Waals surface area (Å²) in [5.74, 6) is 0.768. The second-order valence-corrected chi connectivity index (χ2v) is 11.0. The van der Waals surface area contributed by atoms with Crippen molar-refractivity contribution < 1.29 is 24.9 Å². The van der Waals surface area contributed by atoms with Gasteiger partial charge in [0.15, 0.2) is 6.61 Å². The number of rotatable bonds is 10. The monoisotopic (exact) mass is 463 g/mol. The van der Waals surface area contributed by atoms with Gasteiger partial charge in [0, 0.05) is 5.54 Å². The van der Waals surface area contributed by atoms with Gasteiger partial charge in [-0.05, 0) is 94.2 Å². The maximum atomic E-state index is 10.8. The SMILES string of the molecule is CC(C)(C)N.CCCCC[C@H](O)CC[C@@H]1[C@H]2Cc3cccc(OCC(=O)O)c3C[C@H]2C[C@H]1O. The van der Waals surface area contributed by atoms with Crippen molar-refractivity contribution in [2.45, 2.75) is 103 Å². The summed E-state index contributed by atoms with van der Waals surface area (Å²) >= 11 is 0. The minimum Gasteiger partial charge on any atom is -0.482 e. The molecule has 3 rings (SSSR count). The van der Waals surface area contributed by atoms with Gasteiger partial charge in [-0.25, -0.2) is 4.79 Å². The molecular weight excluding hydrogens is 418 g/mol. The van der Waals surface area contributed by atoms with Crippen LogP contribution in [-0.2, 0) is 17.6 Å². The molecule has 1 saturated carbocycles. The van der Waals surface area contributed by atoms with Crippen LogP contribution in [0, 0.1) is 17.8 Å². The van der Waals surface area contributed by atoms with Crippen LogP contribution >= 0.6 is 0 Å². The van der Waals surface area contributed by atoms with Gasteiger partial charge in [-0.2, -0.15) is 0 Å². The quantitative estimate of drug-likeness (QED) is 0.384. The van der Waals surface area contributed by atoms with Crippen molar-refractivity contribution in [3.05, 3.63) is 29.3 Å². The molecule has 0 aliphatic heterocycles. The summed E-state index contributed by atoms with van der Waals surface area (Å²) in [6, 6.07) is 5.87. The number of unbranched alkanes of at least 4 members (excludes halogenated alkanes) is 2. The zero-order valence-corrected chi connectivity index (χ0v) is 20.9. The summed E-state index contributed by atoms with van der Waals surface area (Å²) in [7, 11) is 0. The number of hydrogen-bond acceptors (Lipinski definition) is 5. The van der Waals surface area contributed by atoms with Crippen LogP contribution in [0.5, 0.6) is 5.75 Å². The number of aliphatic hydroxyl groups is 2. The highest BCUT2D eigenvalue weighted by Gasteiger charge is 2.44. The molecule has 188 valence electrons. The third-order valence-corrected chi connectivity index (χ3v) is 6.67. The summed E-state index contributed by atoms with van der Waals surface area (Å²) < 4.78 is 5.50. The Morgan fingerprint density at radius 3 is 2.55 bits per heavy atom. The van der Waals surface area contributed by atoms with Crippen molar-refractivity contribution >= 4 is 5.97 Å². The second-order valence-electron chi connectivity index (χ2n) is 11.0. The van der Waals surface area contributed by atoms with Gasteiger partial charge in [-0.3, -0.25) is 0 Å². The van der Waals surface area contributed by atoms with Crippen molar-refractivity contribution in [1.82, 2.24) is 0 Å². The minimum absolute atomic E-state index is 0. The van der Waals surface area contributed by atoms with Crippen LogP contribution in [0.3, 0.4) is 0 Å². The van der Waals surface area contributed by atoms with E-state index in [-0.39, 0.29) is 30.3 Å². The summed E-state index contributed by atoms with van der Waals surface area (Å²) in [5.41, 5.74) is 7.68. The molecule has 2 aliphatic rings. The van der Waals surface area contributed by atoms with Crippen LogP contribution < -0.4 is 10.5 Å². The van der Waals surface area contributed by atoms with Crippen molar-refractivity contribution in [2.24, 2.45) is 23.5 Å². The molecule has 6 heteroatoms. The molecule has 0 heterocycles. The highest BCUT2D eigenvalue weighted by Crippen LogP contribution is 2.48. The molecule has 1 aromatic rings. The van der Waals surface area contributed by atoms with Crippen molar-refractivity contribution in [2.75, 3.05) is 6.61 Å². The highest BCUT2D eigenvalue weighted by molar-refractivity contribution is 5.68. The molecule has 0 spiro atoms. The number of fused-ring (bicyclic) bond motifs is 2. The van der Waals surface area contributed by atoms with Gasteiger partial charge < -0.3 is 25.8 Å². The van der Waals surface area contributed by atoms with E-state index < -0.39 is 5.97 Å². The first kappa shape index (κ1) is 27.6. The van der Waals surface area contributed by atoms with E-state index in [1.807, 2.05) is 32.9 Å². The van der Waals surface area contributed by atoms with Gasteiger partial charge in [0.05, 0.1) is 12.2 Å². The van der Waals surface area contributed by atoms with Crippen LogP contribution in [0.4, 0.5) is 0 Å².